The summed E-state index contributed by atoms with van der Waals surface area (Å²) in [5.41, 5.74) is 2.36. The van der Waals surface area contributed by atoms with Gasteiger partial charge in [-0.05, 0) is 42.9 Å². The summed E-state index contributed by atoms with van der Waals surface area (Å²) in [6, 6.07) is 8.29. The molecule has 0 aliphatic heterocycles. The molecule has 2 N–H and O–H groups in total. The molecule has 0 saturated heterocycles. The number of benzene rings is 1. The van der Waals surface area contributed by atoms with Crippen molar-refractivity contribution < 1.29 is 9.84 Å². The Labute approximate surface area is 123 Å². The summed E-state index contributed by atoms with van der Waals surface area (Å²) in [5, 5.41) is 13.1. The van der Waals surface area contributed by atoms with Gasteiger partial charge in [0.1, 0.15) is 0 Å². The van der Waals surface area contributed by atoms with Gasteiger partial charge < -0.3 is 15.2 Å². The third kappa shape index (κ3) is 7.51. The molecule has 0 fully saturated rings. The second-order valence-electron chi connectivity index (χ2n) is 5.70. The molecule has 3 nitrogen and oxygen atoms in total. The van der Waals surface area contributed by atoms with Crippen LogP contribution in [0.25, 0.3) is 0 Å². The van der Waals surface area contributed by atoms with Crippen LogP contribution in [0.1, 0.15) is 39.2 Å². The third-order valence-corrected chi connectivity index (χ3v) is 3.26. The van der Waals surface area contributed by atoms with Gasteiger partial charge in [0.2, 0.25) is 0 Å². The second kappa shape index (κ2) is 9.78. The van der Waals surface area contributed by atoms with Crippen LogP contribution in [0.4, 0.5) is 5.69 Å². The van der Waals surface area contributed by atoms with E-state index in [0.717, 1.165) is 31.1 Å². The zero-order valence-electron chi connectivity index (χ0n) is 13.1. The molecule has 0 aliphatic rings. The van der Waals surface area contributed by atoms with E-state index in [1.165, 1.54) is 12.0 Å². The lowest BCUT2D eigenvalue weighted by Crippen LogP contribution is -2.25. The van der Waals surface area contributed by atoms with Crippen molar-refractivity contribution in [2.75, 3.05) is 25.1 Å². The summed E-state index contributed by atoms with van der Waals surface area (Å²) in [5.74, 6) is 0.719. The number of aryl methyl sites for hydroxylation is 1. The molecular formula is C17H29NO2. The van der Waals surface area contributed by atoms with Crippen LogP contribution in [0, 0.1) is 5.92 Å². The first-order chi connectivity index (χ1) is 9.61. The van der Waals surface area contributed by atoms with E-state index < -0.39 is 6.10 Å². The normalized spacial score (nSPS) is 12.7. The van der Waals surface area contributed by atoms with E-state index in [1.807, 2.05) is 12.1 Å². The molecule has 0 amide bonds. The van der Waals surface area contributed by atoms with Gasteiger partial charge in [0.25, 0.3) is 0 Å². The first kappa shape index (κ1) is 17.0. The quantitative estimate of drug-likeness (QED) is 0.644. The molecule has 0 heterocycles. The Morgan fingerprint density at radius 2 is 2.10 bits per heavy atom. The monoisotopic (exact) mass is 279 g/mol. The van der Waals surface area contributed by atoms with Crippen molar-refractivity contribution in [1.29, 1.82) is 0 Å². The fourth-order valence-corrected chi connectivity index (χ4v) is 2.01. The highest BCUT2D eigenvalue weighted by atomic mass is 16.5. The maximum Gasteiger partial charge on any atom is 0.0945 e. The van der Waals surface area contributed by atoms with Crippen molar-refractivity contribution in [3.05, 3.63) is 29.8 Å². The minimum atomic E-state index is -0.459. The number of aliphatic hydroxyl groups excluding tert-OH is 1. The summed E-state index contributed by atoms with van der Waals surface area (Å²) in [7, 11) is 0. The molecule has 0 spiro atoms. The Balaban J connectivity index is 2.14. The van der Waals surface area contributed by atoms with E-state index in [2.05, 4.69) is 38.2 Å². The number of aliphatic hydroxyl groups is 1. The number of nitrogens with one attached hydrogen (secondary N) is 1. The topological polar surface area (TPSA) is 41.5 Å². The Morgan fingerprint density at radius 1 is 1.30 bits per heavy atom. The Hall–Kier alpha value is -1.06. The van der Waals surface area contributed by atoms with Crippen molar-refractivity contribution >= 4 is 5.69 Å². The number of hydrogen-bond acceptors (Lipinski definition) is 3. The Bertz CT molecular complexity index is 366. The van der Waals surface area contributed by atoms with Gasteiger partial charge >= 0.3 is 0 Å². The van der Waals surface area contributed by atoms with Crippen LogP contribution in [0.2, 0.25) is 0 Å². The molecule has 1 aromatic rings. The van der Waals surface area contributed by atoms with E-state index in [4.69, 9.17) is 4.74 Å². The molecule has 1 atom stereocenters. The van der Waals surface area contributed by atoms with Crippen LogP contribution in [-0.4, -0.2) is 31.0 Å². The zero-order chi connectivity index (χ0) is 14.8. The van der Waals surface area contributed by atoms with E-state index >= 15 is 0 Å². The van der Waals surface area contributed by atoms with Gasteiger partial charge in [-0.3, -0.25) is 0 Å². The maximum atomic E-state index is 9.86. The summed E-state index contributed by atoms with van der Waals surface area (Å²) in [4.78, 5) is 0. The smallest absolute Gasteiger partial charge is 0.0945 e. The second-order valence-corrected chi connectivity index (χ2v) is 5.70. The first-order valence-electron chi connectivity index (χ1n) is 7.70. The van der Waals surface area contributed by atoms with Crippen molar-refractivity contribution in [2.24, 2.45) is 5.92 Å². The highest BCUT2D eigenvalue weighted by molar-refractivity contribution is 5.45. The van der Waals surface area contributed by atoms with Gasteiger partial charge in [0, 0.05) is 18.8 Å². The van der Waals surface area contributed by atoms with Crippen LogP contribution in [-0.2, 0) is 11.2 Å². The fourth-order valence-electron chi connectivity index (χ4n) is 2.01. The first-order valence-corrected chi connectivity index (χ1v) is 7.70. The molecule has 20 heavy (non-hydrogen) atoms. The zero-order valence-corrected chi connectivity index (χ0v) is 13.1. The van der Waals surface area contributed by atoms with Crippen molar-refractivity contribution in [3.63, 3.8) is 0 Å². The van der Waals surface area contributed by atoms with Crippen molar-refractivity contribution in [3.8, 4) is 0 Å². The largest absolute Gasteiger partial charge is 0.389 e. The van der Waals surface area contributed by atoms with Gasteiger partial charge in [0.05, 0.1) is 12.7 Å². The molecule has 3 heteroatoms. The molecule has 0 aromatic heterocycles. The number of rotatable bonds is 10. The average Bonchev–Trinajstić information content (AvgIpc) is 2.44. The van der Waals surface area contributed by atoms with Gasteiger partial charge in [0.15, 0.2) is 0 Å². The predicted octanol–water partition coefficient (Wildman–Crippen LogP) is 3.47. The molecule has 1 unspecified atom stereocenters. The standard InChI is InChI=1S/C17H29NO2/c1-4-15-8-5-9-16(11-15)18-12-17(19)13-20-10-6-7-14(2)3/h5,8-9,11,14,17-19H,4,6-7,10,12-13H2,1-3H3. The fraction of sp³-hybridized carbons (Fsp3) is 0.647. The summed E-state index contributed by atoms with van der Waals surface area (Å²) >= 11 is 0. The van der Waals surface area contributed by atoms with E-state index in [0.29, 0.717) is 13.2 Å². The molecular weight excluding hydrogens is 250 g/mol. The average molecular weight is 279 g/mol. The lowest BCUT2D eigenvalue weighted by Gasteiger charge is -2.14. The summed E-state index contributed by atoms with van der Waals surface area (Å²) in [6.07, 6.45) is 2.81. The highest BCUT2D eigenvalue weighted by Gasteiger charge is 2.04. The molecule has 0 aliphatic carbocycles. The molecule has 114 valence electrons. The number of hydrogen-bond donors (Lipinski definition) is 2. The summed E-state index contributed by atoms with van der Waals surface area (Å²) < 4.78 is 5.49. The van der Waals surface area contributed by atoms with Crippen molar-refractivity contribution in [2.45, 2.75) is 46.1 Å². The number of anilines is 1. The maximum absolute atomic E-state index is 9.86. The van der Waals surface area contributed by atoms with Gasteiger partial charge in [-0.25, -0.2) is 0 Å². The molecule has 1 rings (SSSR count). The van der Waals surface area contributed by atoms with Crippen molar-refractivity contribution in [1.82, 2.24) is 0 Å². The van der Waals surface area contributed by atoms with Gasteiger partial charge in [-0.2, -0.15) is 0 Å². The minimum absolute atomic E-state index is 0.401. The van der Waals surface area contributed by atoms with E-state index in [9.17, 15) is 5.11 Å². The Morgan fingerprint density at radius 3 is 2.80 bits per heavy atom. The Kier molecular flexibility index (Phi) is 8.31. The SMILES string of the molecule is CCc1cccc(NCC(O)COCCCC(C)C)c1. The van der Waals surface area contributed by atoms with Gasteiger partial charge in [-0.1, -0.05) is 32.9 Å². The van der Waals surface area contributed by atoms with Crippen LogP contribution in [0.3, 0.4) is 0 Å². The molecule has 0 radical (unpaired) electrons. The predicted molar refractivity (Wildman–Crippen MR) is 85.2 cm³/mol. The lowest BCUT2D eigenvalue weighted by molar-refractivity contribution is 0.0409. The molecule has 1 aromatic carbocycles. The van der Waals surface area contributed by atoms with Crippen LogP contribution in [0.5, 0.6) is 0 Å². The summed E-state index contributed by atoms with van der Waals surface area (Å²) in [6.45, 7) is 8.22. The van der Waals surface area contributed by atoms with Crippen LogP contribution in [0.15, 0.2) is 24.3 Å². The van der Waals surface area contributed by atoms with Crippen LogP contribution < -0.4 is 5.32 Å². The number of ether oxygens (including phenoxy) is 1. The molecule has 0 saturated carbocycles. The lowest BCUT2D eigenvalue weighted by atomic mass is 10.1. The molecule has 0 bridgehead atoms. The van der Waals surface area contributed by atoms with E-state index in [1.54, 1.807) is 0 Å². The van der Waals surface area contributed by atoms with Crippen LogP contribution >= 0.6 is 0 Å². The van der Waals surface area contributed by atoms with E-state index in [-0.39, 0.29) is 0 Å². The highest BCUT2D eigenvalue weighted by Crippen LogP contribution is 2.11. The third-order valence-electron chi connectivity index (χ3n) is 3.26. The minimum Gasteiger partial charge on any atom is -0.389 e. The van der Waals surface area contributed by atoms with Gasteiger partial charge in [-0.15, -0.1) is 0 Å².